The number of aliphatic hydroxyl groups is 1. The van der Waals surface area contributed by atoms with Crippen LogP contribution in [0.5, 0.6) is 0 Å². The van der Waals surface area contributed by atoms with E-state index in [0.29, 0.717) is 18.5 Å². The Labute approximate surface area is 219 Å². The first-order chi connectivity index (χ1) is 16.2. The summed E-state index contributed by atoms with van der Waals surface area (Å²) < 4.78 is 0. The minimum absolute atomic E-state index is 0. The van der Waals surface area contributed by atoms with Crippen LogP contribution in [-0.4, -0.2) is 30.0 Å². The van der Waals surface area contributed by atoms with Crippen LogP contribution in [0.2, 0.25) is 0 Å². The second-order valence-electron chi connectivity index (χ2n) is 9.74. The third-order valence-electron chi connectivity index (χ3n) is 6.99. The van der Waals surface area contributed by atoms with Gasteiger partial charge in [-0.05, 0) is 31.2 Å². The standard InChI is InChI=1S/C28H45N2O3.Li/c1-2-3-4-5-9-14-21-29-22-24(30-33)16-11-8-6-7-10-15-23-19-20-27(31)25-17-12-13-18-26(25)28(23)32;/h12-13,17-18,23-24,27,31H,2-11,14-16,19-22H2,1H3;/q-1;+1. The van der Waals surface area contributed by atoms with E-state index in [2.05, 4.69) is 17.4 Å². The van der Waals surface area contributed by atoms with Crippen molar-refractivity contribution >= 4 is 5.78 Å². The molecule has 2 rings (SSSR count). The van der Waals surface area contributed by atoms with Gasteiger partial charge in [0.2, 0.25) is 0 Å². The summed E-state index contributed by atoms with van der Waals surface area (Å²) in [5.41, 5.74) is 1.50. The number of unbranched alkanes of at least 4 members (excludes halogenated alkanes) is 9. The molecule has 1 aromatic rings. The molecule has 0 amide bonds. The summed E-state index contributed by atoms with van der Waals surface area (Å²) in [7, 11) is 0. The summed E-state index contributed by atoms with van der Waals surface area (Å²) in [5, 5.41) is 18.2. The number of carbonyl (C=O) groups is 1. The smallest absolute Gasteiger partial charge is 0.660 e. The van der Waals surface area contributed by atoms with Crippen molar-refractivity contribution in [3.63, 3.8) is 0 Å². The van der Waals surface area contributed by atoms with Crippen molar-refractivity contribution in [3.05, 3.63) is 45.6 Å². The van der Waals surface area contributed by atoms with Gasteiger partial charge in [0.15, 0.2) is 5.78 Å². The van der Waals surface area contributed by atoms with Crippen LogP contribution >= 0.6 is 0 Å². The van der Waals surface area contributed by atoms with Crippen LogP contribution in [0, 0.1) is 10.8 Å². The van der Waals surface area contributed by atoms with Gasteiger partial charge in [0.1, 0.15) is 0 Å². The molecule has 5 nitrogen and oxygen atoms in total. The fourth-order valence-electron chi connectivity index (χ4n) is 4.88. The first-order valence-electron chi connectivity index (χ1n) is 13.4. The second kappa shape index (κ2) is 19.2. The van der Waals surface area contributed by atoms with Crippen LogP contribution in [-0.2, 0) is 0 Å². The van der Waals surface area contributed by atoms with Gasteiger partial charge in [0.05, 0.1) is 12.1 Å². The minimum atomic E-state index is -0.521. The Bertz CT molecular complexity index is 685. The second-order valence-corrected chi connectivity index (χ2v) is 9.74. The molecular weight excluding hydrogens is 419 g/mol. The van der Waals surface area contributed by atoms with Gasteiger partial charge in [0, 0.05) is 11.5 Å². The fraction of sp³-hybridized carbons (Fsp3) is 0.750. The third-order valence-corrected chi connectivity index (χ3v) is 6.99. The first kappa shape index (κ1) is 31.0. The fourth-order valence-corrected chi connectivity index (χ4v) is 4.88. The molecule has 1 aliphatic carbocycles. The van der Waals surface area contributed by atoms with E-state index in [0.717, 1.165) is 69.9 Å². The number of hydrogen-bond donors (Lipinski definition) is 1. The average Bonchev–Trinajstić information content (AvgIpc) is 2.95. The summed E-state index contributed by atoms with van der Waals surface area (Å²) in [6, 6.07) is 7.35. The molecule has 0 aliphatic heterocycles. The molecule has 186 valence electrons. The normalized spacial score (nSPS) is 18.6. The number of carbonyl (C=O) groups excluding carboxylic acids is 1. The molecule has 0 spiro atoms. The van der Waals surface area contributed by atoms with Crippen LogP contribution in [0.25, 0.3) is 5.32 Å². The van der Waals surface area contributed by atoms with E-state index < -0.39 is 6.10 Å². The zero-order valence-electron chi connectivity index (χ0n) is 21.7. The van der Waals surface area contributed by atoms with Crippen LogP contribution < -0.4 is 18.9 Å². The summed E-state index contributed by atoms with van der Waals surface area (Å²) in [6.07, 6.45) is 15.6. The molecule has 34 heavy (non-hydrogen) atoms. The van der Waals surface area contributed by atoms with Gasteiger partial charge in [-0.2, -0.15) is 4.91 Å². The number of benzene rings is 1. The molecule has 0 saturated carbocycles. The molecule has 1 aliphatic rings. The van der Waals surface area contributed by atoms with E-state index in [1.807, 2.05) is 24.3 Å². The third kappa shape index (κ3) is 11.6. The average molecular weight is 465 g/mol. The molecule has 0 aromatic heterocycles. The molecular formula is C28H45LiN2O3. The quantitative estimate of drug-likeness (QED) is 0.145. The Kier molecular flexibility index (Phi) is 17.6. The van der Waals surface area contributed by atoms with Gasteiger partial charge in [-0.3, -0.25) is 4.79 Å². The van der Waals surface area contributed by atoms with Crippen LogP contribution in [0.3, 0.4) is 0 Å². The number of nitroso groups, excluding NO2 is 1. The van der Waals surface area contributed by atoms with Crippen molar-refractivity contribution in [2.45, 2.75) is 115 Å². The van der Waals surface area contributed by atoms with Crippen molar-refractivity contribution in [1.29, 1.82) is 0 Å². The molecule has 0 heterocycles. The Balaban J connectivity index is 0.00000578. The van der Waals surface area contributed by atoms with Crippen molar-refractivity contribution in [3.8, 4) is 0 Å². The van der Waals surface area contributed by atoms with Gasteiger partial charge in [-0.25, -0.2) is 0 Å². The summed E-state index contributed by atoms with van der Waals surface area (Å²) in [4.78, 5) is 24.0. The SMILES string of the molecule is CCCCCCCC[N-]CC(CCCCCCCC1CCC(O)c2ccccc2C1=O)N=O.[Li+]. The Morgan fingerprint density at radius 1 is 0.971 bits per heavy atom. The topological polar surface area (TPSA) is 80.8 Å². The summed E-state index contributed by atoms with van der Waals surface area (Å²) >= 11 is 0. The van der Waals surface area contributed by atoms with Gasteiger partial charge in [0.25, 0.3) is 0 Å². The molecule has 1 aromatic carbocycles. The van der Waals surface area contributed by atoms with E-state index in [1.165, 1.54) is 32.1 Å². The maximum absolute atomic E-state index is 12.9. The first-order valence-corrected chi connectivity index (χ1v) is 13.4. The van der Waals surface area contributed by atoms with Crippen LogP contribution in [0.4, 0.5) is 0 Å². The van der Waals surface area contributed by atoms with Crippen molar-refractivity contribution in [2.24, 2.45) is 11.1 Å². The van der Waals surface area contributed by atoms with Gasteiger partial charge in [-0.1, -0.05) is 107 Å². The summed E-state index contributed by atoms with van der Waals surface area (Å²) in [5.74, 6) is 0.229. The maximum Gasteiger partial charge on any atom is 1.00 e. The number of aliphatic hydroxyl groups excluding tert-OH is 1. The predicted octanol–water partition coefficient (Wildman–Crippen LogP) is 4.92. The molecule has 0 bridgehead atoms. The molecule has 6 heteroatoms. The monoisotopic (exact) mass is 464 g/mol. The van der Waals surface area contributed by atoms with E-state index in [-0.39, 0.29) is 36.6 Å². The van der Waals surface area contributed by atoms with Gasteiger partial charge in [-0.15, -0.1) is 13.1 Å². The number of fused-ring (bicyclic) bond motifs is 1. The van der Waals surface area contributed by atoms with Crippen LogP contribution in [0.1, 0.15) is 125 Å². The van der Waals surface area contributed by atoms with E-state index >= 15 is 0 Å². The largest absolute Gasteiger partial charge is 1.00 e. The van der Waals surface area contributed by atoms with Crippen molar-refractivity contribution < 1.29 is 28.8 Å². The molecule has 1 N–H and O–H groups in total. The molecule has 0 radical (unpaired) electrons. The Hall–Kier alpha value is -0.993. The molecule has 3 atom stereocenters. The number of nitrogens with zero attached hydrogens (tertiary/aromatic N) is 2. The summed E-state index contributed by atoms with van der Waals surface area (Å²) in [6.45, 7) is 3.67. The van der Waals surface area contributed by atoms with Crippen molar-refractivity contribution in [2.75, 3.05) is 13.1 Å². The zero-order chi connectivity index (χ0) is 23.7. The Morgan fingerprint density at radius 3 is 2.41 bits per heavy atom. The minimum Gasteiger partial charge on any atom is -0.660 e. The van der Waals surface area contributed by atoms with Crippen LogP contribution in [0.15, 0.2) is 29.4 Å². The molecule has 0 fully saturated rings. The van der Waals surface area contributed by atoms with E-state index in [4.69, 9.17) is 0 Å². The molecule has 3 unspecified atom stereocenters. The zero-order valence-corrected chi connectivity index (χ0v) is 21.7. The Morgan fingerprint density at radius 2 is 1.65 bits per heavy atom. The molecule has 0 saturated heterocycles. The number of hydrogen-bond acceptors (Lipinski definition) is 4. The predicted molar refractivity (Wildman–Crippen MR) is 137 cm³/mol. The van der Waals surface area contributed by atoms with E-state index in [9.17, 15) is 14.8 Å². The number of rotatable bonds is 18. The number of Topliss-reactive ketones (excluding diaryl/α,β-unsaturated/α-hetero) is 1. The van der Waals surface area contributed by atoms with E-state index in [1.54, 1.807) is 0 Å². The number of ketones is 1. The van der Waals surface area contributed by atoms with Crippen molar-refractivity contribution in [1.82, 2.24) is 0 Å². The maximum atomic E-state index is 12.9. The van der Waals surface area contributed by atoms with Gasteiger partial charge < -0.3 is 10.4 Å². The van der Waals surface area contributed by atoms with Gasteiger partial charge >= 0.3 is 18.9 Å².